The summed E-state index contributed by atoms with van der Waals surface area (Å²) in [7, 11) is 3.74. The minimum absolute atomic E-state index is 0.108. The van der Waals surface area contributed by atoms with Crippen molar-refractivity contribution in [2.45, 2.75) is 25.6 Å². The third-order valence-corrected chi connectivity index (χ3v) is 3.35. The Balaban J connectivity index is 2.74. The van der Waals surface area contributed by atoms with E-state index in [0.717, 1.165) is 5.56 Å². The molecular formula is C16H24F4N4. The molecule has 0 aromatic heterocycles. The van der Waals surface area contributed by atoms with Crippen molar-refractivity contribution in [1.82, 2.24) is 15.5 Å². The smallest absolute Gasteiger partial charge is 0.357 e. The van der Waals surface area contributed by atoms with Crippen LogP contribution in [0.4, 0.5) is 17.6 Å². The fourth-order valence-electron chi connectivity index (χ4n) is 2.09. The lowest BCUT2D eigenvalue weighted by molar-refractivity contribution is -0.132. The maximum Gasteiger partial charge on any atom is 0.390 e. The molecule has 4 nitrogen and oxygen atoms in total. The zero-order valence-electron chi connectivity index (χ0n) is 14.1. The van der Waals surface area contributed by atoms with Crippen LogP contribution in [0.15, 0.2) is 29.3 Å². The molecule has 0 heterocycles. The number of halogens is 4. The Labute approximate surface area is 139 Å². The highest BCUT2D eigenvalue weighted by atomic mass is 19.4. The molecule has 0 saturated carbocycles. The van der Waals surface area contributed by atoms with Crippen molar-refractivity contribution in [3.8, 4) is 0 Å². The third kappa shape index (κ3) is 7.63. The van der Waals surface area contributed by atoms with Gasteiger partial charge >= 0.3 is 6.18 Å². The zero-order chi connectivity index (χ0) is 18.2. The van der Waals surface area contributed by atoms with Gasteiger partial charge in [0.2, 0.25) is 0 Å². The van der Waals surface area contributed by atoms with Gasteiger partial charge in [-0.1, -0.05) is 12.1 Å². The summed E-state index contributed by atoms with van der Waals surface area (Å²) < 4.78 is 49.7. The van der Waals surface area contributed by atoms with E-state index in [1.807, 2.05) is 25.9 Å². The molecule has 0 amide bonds. The summed E-state index contributed by atoms with van der Waals surface area (Å²) in [5, 5.41) is 5.59. The Kier molecular flexibility index (Phi) is 7.97. The van der Waals surface area contributed by atoms with E-state index < -0.39 is 12.6 Å². The Bertz CT molecular complexity index is 512. The molecule has 0 saturated heterocycles. The van der Waals surface area contributed by atoms with Gasteiger partial charge in [0.25, 0.3) is 0 Å². The predicted octanol–water partition coefficient (Wildman–Crippen LogP) is 2.94. The molecule has 0 radical (unpaired) electrons. The van der Waals surface area contributed by atoms with Gasteiger partial charge in [-0.2, -0.15) is 13.2 Å². The van der Waals surface area contributed by atoms with Crippen LogP contribution >= 0.6 is 0 Å². The highest BCUT2D eigenvalue weighted by Crippen LogP contribution is 2.19. The van der Waals surface area contributed by atoms with Crippen molar-refractivity contribution >= 4 is 5.96 Å². The number of hydrogen-bond donors (Lipinski definition) is 2. The first-order chi connectivity index (χ1) is 11.2. The van der Waals surface area contributed by atoms with E-state index in [2.05, 4.69) is 15.6 Å². The summed E-state index contributed by atoms with van der Waals surface area (Å²) in [5.74, 6) is 0.0117. The summed E-state index contributed by atoms with van der Waals surface area (Å²) in [4.78, 5) is 6.27. The molecule has 1 unspecified atom stereocenters. The van der Waals surface area contributed by atoms with Crippen molar-refractivity contribution < 1.29 is 17.6 Å². The molecule has 1 rings (SSSR count). The fourth-order valence-corrected chi connectivity index (χ4v) is 2.09. The normalized spacial score (nSPS) is 13.9. The second-order valence-electron chi connectivity index (χ2n) is 5.54. The second kappa shape index (κ2) is 9.46. The van der Waals surface area contributed by atoms with Gasteiger partial charge in [0, 0.05) is 13.1 Å². The predicted molar refractivity (Wildman–Crippen MR) is 87.5 cm³/mol. The third-order valence-electron chi connectivity index (χ3n) is 3.35. The van der Waals surface area contributed by atoms with E-state index in [9.17, 15) is 17.6 Å². The fraction of sp³-hybridized carbons (Fsp3) is 0.562. The number of nitrogens with zero attached hydrogens (tertiary/aromatic N) is 2. The van der Waals surface area contributed by atoms with Crippen LogP contribution in [0.2, 0.25) is 0 Å². The summed E-state index contributed by atoms with van der Waals surface area (Å²) in [6, 6.07) is 6.01. The Morgan fingerprint density at radius 3 is 2.29 bits per heavy atom. The van der Waals surface area contributed by atoms with E-state index in [0.29, 0.717) is 19.0 Å². The number of alkyl halides is 3. The van der Waals surface area contributed by atoms with E-state index in [1.165, 1.54) is 12.1 Å². The van der Waals surface area contributed by atoms with Gasteiger partial charge in [-0.15, -0.1) is 0 Å². The number of likely N-dealkylation sites (N-methyl/N-ethyl adjacent to an activating group) is 1. The van der Waals surface area contributed by atoms with Gasteiger partial charge < -0.3 is 15.5 Å². The second-order valence-corrected chi connectivity index (χ2v) is 5.54. The van der Waals surface area contributed by atoms with Crippen LogP contribution < -0.4 is 10.6 Å². The zero-order valence-corrected chi connectivity index (χ0v) is 14.1. The van der Waals surface area contributed by atoms with Crippen LogP contribution in [0, 0.1) is 5.82 Å². The molecule has 0 aliphatic rings. The van der Waals surface area contributed by atoms with Gasteiger partial charge in [0.05, 0.1) is 19.0 Å². The quantitative estimate of drug-likeness (QED) is 0.452. The molecule has 24 heavy (non-hydrogen) atoms. The summed E-state index contributed by atoms with van der Waals surface area (Å²) >= 11 is 0. The first-order valence-corrected chi connectivity index (χ1v) is 7.73. The minimum Gasteiger partial charge on any atom is -0.357 e. The molecule has 1 aromatic rings. The number of rotatable bonds is 7. The molecule has 1 aromatic carbocycles. The van der Waals surface area contributed by atoms with Crippen LogP contribution in [0.3, 0.4) is 0 Å². The lowest BCUT2D eigenvalue weighted by Crippen LogP contribution is -2.39. The molecule has 0 fully saturated rings. The standard InChI is InChI=1S/C16H24F4N4/c1-4-21-15(22-10-9-16(18,19)20)23-11-14(24(2)3)12-5-7-13(17)8-6-12/h5-8,14H,4,9-11H2,1-3H3,(H2,21,22,23). The van der Waals surface area contributed by atoms with Crippen LogP contribution in [-0.2, 0) is 0 Å². The monoisotopic (exact) mass is 348 g/mol. The summed E-state index contributed by atoms with van der Waals surface area (Å²) in [5.41, 5.74) is 0.885. The Morgan fingerprint density at radius 2 is 1.79 bits per heavy atom. The van der Waals surface area contributed by atoms with Crippen molar-refractivity contribution in [1.29, 1.82) is 0 Å². The minimum atomic E-state index is -4.20. The van der Waals surface area contributed by atoms with E-state index >= 15 is 0 Å². The van der Waals surface area contributed by atoms with Crippen molar-refractivity contribution in [2.75, 3.05) is 33.7 Å². The molecule has 8 heteroatoms. The van der Waals surface area contributed by atoms with E-state index in [1.54, 1.807) is 12.1 Å². The molecule has 0 bridgehead atoms. The van der Waals surface area contributed by atoms with Gasteiger partial charge in [-0.3, -0.25) is 4.99 Å². The Morgan fingerprint density at radius 1 is 1.17 bits per heavy atom. The van der Waals surface area contributed by atoms with Crippen LogP contribution in [0.25, 0.3) is 0 Å². The maximum absolute atomic E-state index is 13.0. The maximum atomic E-state index is 13.0. The van der Waals surface area contributed by atoms with E-state index in [4.69, 9.17) is 0 Å². The molecule has 136 valence electrons. The van der Waals surface area contributed by atoms with Crippen LogP contribution in [-0.4, -0.2) is 50.8 Å². The van der Waals surface area contributed by atoms with Crippen molar-refractivity contribution in [3.63, 3.8) is 0 Å². The number of benzene rings is 1. The number of hydrogen-bond acceptors (Lipinski definition) is 2. The summed E-state index contributed by atoms with van der Waals surface area (Å²) in [6.07, 6.45) is -5.13. The van der Waals surface area contributed by atoms with Gasteiger partial charge in [0.15, 0.2) is 5.96 Å². The van der Waals surface area contributed by atoms with E-state index in [-0.39, 0.29) is 18.4 Å². The average Bonchev–Trinajstić information content (AvgIpc) is 2.47. The van der Waals surface area contributed by atoms with Crippen molar-refractivity contribution in [2.24, 2.45) is 4.99 Å². The summed E-state index contributed by atoms with van der Waals surface area (Å²) in [6.45, 7) is 2.48. The Hall–Kier alpha value is -1.83. The average molecular weight is 348 g/mol. The lowest BCUT2D eigenvalue weighted by Gasteiger charge is -2.23. The van der Waals surface area contributed by atoms with Gasteiger partial charge in [-0.25, -0.2) is 4.39 Å². The number of nitrogens with one attached hydrogen (secondary N) is 2. The molecule has 2 N–H and O–H groups in total. The molecular weight excluding hydrogens is 324 g/mol. The molecule has 1 atom stereocenters. The molecule has 0 aliphatic heterocycles. The highest BCUT2D eigenvalue weighted by Gasteiger charge is 2.26. The largest absolute Gasteiger partial charge is 0.390 e. The SMILES string of the molecule is CCNC(=NCC(c1ccc(F)cc1)N(C)C)NCCC(F)(F)F. The first kappa shape index (κ1) is 20.2. The lowest BCUT2D eigenvalue weighted by atomic mass is 10.1. The van der Waals surface area contributed by atoms with Gasteiger partial charge in [0.1, 0.15) is 5.82 Å². The highest BCUT2D eigenvalue weighted by molar-refractivity contribution is 5.79. The number of aliphatic imine (C=N–C) groups is 1. The van der Waals surface area contributed by atoms with Gasteiger partial charge in [-0.05, 0) is 38.7 Å². The van der Waals surface area contributed by atoms with Crippen LogP contribution in [0.1, 0.15) is 24.9 Å². The topological polar surface area (TPSA) is 39.7 Å². The number of guanidine groups is 1. The van der Waals surface area contributed by atoms with Crippen molar-refractivity contribution in [3.05, 3.63) is 35.6 Å². The molecule has 0 spiro atoms. The van der Waals surface area contributed by atoms with Crippen LogP contribution in [0.5, 0.6) is 0 Å². The first-order valence-electron chi connectivity index (χ1n) is 7.73. The molecule has 0 aliphatic carbocycles.